The highest BCUT2D eigenvalue weighted by Crippen LogP contribution is 2.17. The molecule has 112 valence electrons. The van der Waals surface area contributed by atoms with Crippen molar-refractivity contribution in [3.63, 3.8) is 0 Å². The second-order valence-corrected chi connectivity index (χ2v) is 6.16. The van der Waals surface area contributed by atoms with Gasteiger partial charge in [-0.15, -0.1) is 0 Å². The number of nitrogens with zero attached hydrogens (tertiary/aromatic N) is 2. The summed E-state index contributed by atoms with van der Waals surface area (Å²) in [7, 11) is 0. The third kappa shape index (κ3) is 5.03. The monoisotopic (exact) mass is 269 g/mol. The van der Waals surface area contributed by atoms with Crippen LogP contribution in [0.3, 0.4) is 0 Å². The summed E-state index contributed by atoms with van der Waals surface area (Å²) in [5.74, 6) is 0.759. The van der Waals surface area contributed by atoms with Gasteiger partial charge in [0, 0.05) is 32.2 Å². The van der Waals surface area contributed by atoms with Crippen LogP contribution in [0.2, 0.25) is 0 Å². The van der Waals surface area contributed by atoms with Crippen LogP contribution in [-0.2, 0) is 4.74 Å². The predicted molar refractivity (Wildman–Crippen MR) is 79.6 cm³/mol. The second kappa shape index (κ2) is 8.20. The van der Waals surface area contributed by atoms with E-state index in [0.717, 1.165) is 51.4 Å². The molecule has 2 aliphatic rings. The number of likely N-dealkylation sites (tertiary alicyclic amines) is 1. The number of hydrogen-bond donors (Lipinski definition) is 1. The summed E-state index contributed by atoms with van der Waals surface area (Å²) in [6.07, 6.45) is 2.57. The Labute approximate surface area is 118 Å². The van der Waals surface area contributed by atoms with Gasteiger partial charge < -0.3 is 15.0 Å². The van der Waals surface area contributed by atoms with Crippen molar-refractivity contribution in [3.8, 4) is 0 Å². The minimum atomic E-state index is 0.759. The van der Waals surface area contributed by atoms with Gasteiger partial charge in [-0.25, -0.2) is 0 Å². The molecule has 0 spiro atoms. The minimum absolute atomic E-state index is 0.759. The minimum Gasteiger partial charge on any atom is -0.379 e. The van der Waals surface area contributed by atoms with E-state index >= 15 is 0 Å². The molecule has 0 radical (unpaired) electrons. The van der Waals surface area contributed by atoms with Crippen molar-refractivity contribution in [2.45, 2.75) is 32.7 Å². The highest BCUT2D eigenvalue weighted by molar-refractivity contribution is 4.85. The van der Waals surface area contributed by atoms with Crippen molar-refractivity contribution in [1.29, 1.82) is 0 Å². The van der Waals surface area contributed by atoms with Crippen LogP contribution in [0.1, 0.15) is 26.7 Å². The zero-order valence-corrected chi connectivity index (χ0v) is 12.7. The summed E-state index contributed by atoms with van der Waals surface area (Å²) in [6, 6.07) is 0.778. The van der Waals surface area contributed by atoms with E-state index in [1.54, 1.807) is 0 Å². The first-order valence-electron chi connectivity index (χ1n) is 8.04. The van der Waals surface area contributed by atoms with E-state index in [-0.39, 0.29) is 0 Å². The van der Waals surface area contributed by atoms with E-state index in [4.69, 9.17) is 4.74 Å². The van der Waals surface area contributed by atoms with E-state index in [1.807, 2.05) is 0 Å². The topological polar surface area (TPSA) is 27.7 Å². The fourth-order valence-corrected chi connectivity index (χ4v) is 3.25. The molecule has 1 N–H and O–H groups in total. The van der Waals surface area contributed by atoms with Crippen LogP contribution in [0.15, 0.2) is 0 Å². The Morgan fingerprint density at radius 3 is 2.79 bits per heavy atom. The first kappa shape index (κ1) is 15.2. The Morgan fingerprint density at radius 2 is 2.05 bits per heavy atom. The molecule has 2 unspecified atom stereocenters. The molecule has 2 atom stereocenters. The zero-order valence-electron chi connectivity index (χ0n) is 12.7. The van der Waals surface area contributed by atoms with Gasteiger partial charge in [0.05, 0.1) is 13.2 Å². The van der Waals surface area contributed by atoms with Gasteiger partial charge in [-0.3, -0.25) is 4.90 Å². The standard InChI is InChI=1S/C15H31N3O/c1-3-5-16-11-14(2)12-17-6-4-15(13-17)18-7-9-19-10-8-18/h14-16H,3-13H2,1-2H3. The molecule has 2 fully saturated rings. The maximum absolute atomic E-state index is 5.44. The third-order valence-corrected chi connectivity index (χ3v) is 4.30. The number of rotatable bonds is 7. The molecule has 0 bridgehead atoms. The average Bonchev–Trinajstić information content (AvgIpc) is 2.88. The van der Waals surface area contributed by atoms with Crippen LogP contribution in [0, 0.1) is 5.92 Å². The van der Waals surface area contributed by atoms with E-state index < -0.39 is 0 Å². The molecule has 0 aromatic rings. The molecule has 0 aromatic carbocycles. The number of hydrogen-bond acceptors (Lipinski definition) is 4. The summed E-state index contributed by atoms with van der Waals surface area (Å²) in [5.41, 5.74) is 0. The van der Waals surface area contributed by atoms with Crippen LogP contribution in [0.4, 0.5) is 0 Å². The third-order valence-electron chi connectivity index (χ3n) is 4.30. The van der Waals surface area contributed by atoms with E-state index in [2.05, 4.69) is 29.0 Å². The largest absolute Gasteiger partial charge is 0.379 e. The zero-order chi connectivity index (χ0) is 13.5. The molecule has 4 heteroatoms. The van der Waals surface area contributed by atoms with Crippen molar-refractivity contribution in [2.24, 2.45) is 5.92 Å². The lowest BCUT2D eigenvalue weighted by molar-refractivity contribution is 0.0183. The fourth-order valence-electron chi connectivity index (χ4n) is 3.25. The van der Waals surface area contributed by atoms with Crippen molar-refractivity contribution in [3.05, 3.63) is 0 Å². The highest BCUT2D eigenvalue weighted by atomic mass is 16.5. The lowest BCUT2D eigenvalue weighted by Gasteiger charge is -2.32. The average molecular weight is 269 g/mol. The van der Waals surface area contributed by atoms with Gasteiger partial charge in [-0.2, -0.15) is 0 Å². The van der Waals surface area contributed by atoms with E-state index in [1.165, 1.54) is 32.5 Å². The molecule has 2 aliphatic heterocycles. The second-order valence-electron chi connectivity index (χ2n) is 6.16. The van der Waals surface area contributed by atoms with Gasteiger partial charge in [0.2, 0.25) is 0 Å². The lowest BCUT2D eigenvalue weighted by Crippen LogP contribution is -2.45. The maximum Gasteiger partial charge on any atom is 0.0594 e. The van der Waals surface area contributed by atoms with Gasteiger partial charge in [-0.1, -0.05) is 13.8 Å². The van der Waals surface area contributed by atoms with Gasteiger partial charge >= 0.3 is 0 Å². The van der Waals surface area contributed by atoms with Crippen molar-refractivity contribution in [2.75, 3.05) is 59.0 Å². The fraction of sp³-hybridized carbons (Fsp3) is 1.00. The molecule has 0 aliphatic carbocycles. The van der Waals surface area contributed by atoms with Crippen molar-refractivity contribution in [1.82, 2.24) is 15.1 Å². The summed E-state index contributed by atoms with van der Waals surface area (Å²) in [4.78, 5) is 5.28. The molecule has 2 rings (SSSR count). The Morgan fingerprint density at radius 1 is 1.26 bits per heavy atom. The van der Waals surface area contributed by atoms with Crippen LogP contribution in [0.25, 0.3) is 0 Å². The lowest BCUT2D eigenvalue weighted by atomic mass is 10.1. The van der Waals surface area contributed by atoms with E-state index in [9.17, 15) is 0 Å². The van der Waals surface area contributed by atoms with Gasteiger partial charge in [0.15, 0.2) is 0 Å². The molecule has 0 saturated carbocycles. The summed E-state index contributed by atoms with van der Waals surface area (Å²) in [5, 5.41) is 3.53. The Bertz CT molecular complexity index is 244. The van der Waals surface area contributed by atoms with E-state index in [0.29, 0.717) is 0 Å². The van der Waals surface area contributed by atoms with Crippen LogP contribution >= 0.6 is 0 Å². The molecule has 0 amide bonds. The van der Waals surface area contributed by atoms with Gasteiger partial charge in [-0.05, 0) is 38.4 Å². The highest BCUT2D eigenvalue weighted by Gasteiger charge is 2.28. The smallest absolute Gasteiger partial charge is 0.0594 e. The van der Waals surface area contributed by atoms with Gasteiger partial charge in [0.25, 0.3) is 0 Å². The Hall–Kier alpha value is -0.160. The molecule has 0 aromatic heterocycles. The molecular formula is C15H31N3O. The number of ether oxygens (including phenoxy) is 1. The predicted octanol–water partition coefficient (Wildman–Crippen LogP) is 1.03. The van der Waals surface area contributed by atoms with Crippen molar-refractivity contribution >= 4 is 0 Å². The number of nitrogens with one attached hydrogen (secondary N) is 1. The summed E-state index contributed by atoms with van der Waals surface area (Å²) in [6.45, 7) is 14.8. The molecule has 2 heterocycles. The quantitative estimate of drug-likeness (QED) is 0.699. The van der Waals surface area contributed by atoms with Crippen LogP contribution in [0.5, 0.6) is 0 Å². The molecule has 4 nitrogen and oxygen atoms in total. The summed E-state index contributed by atoms with van der Waals surface area (Å²) >= 11 is 0. The molecular weight excluding hydrogens is 238 g/mol. The maximum atomic E-state index is 5.44. The normalized spacial score (nSPS) is 27.8. The molecule has 19 heavy (non-hydrogen) atoms. The van der Waals surface area contributed by atoms with Crippen LogP contribution < -0.4 is 5.32 Å². The van der Waals surface area contributed by atoms with Gasteiger partial charge in [0.1, 0.15) is 0 Å². The number of morpholine rings is 1. The Kier molecular flexibility index (Phi) is 6.57. The first-order chi connectivity index (χ1) is 9.29. The van der Waals surface area contributed by atoms with Crippen molar-refractivity contribution < 1.29 is 4.74 Å². The SMILES string of the molecule is CCCNCC(C)CN1CCC(N2CCOCC2)C1. The summed E-state index contributed by atoms with van der Waals surface area (Å²) < 4.78 is 5.44. The first-order valence-corrected chi connectivity index (χ1v) is 8.04. The Balaban J connectivity index is 1.63. The van der Waals surface area contributed by atoms with Crippen LogP contribution in [-0.4, -0.2) is 74.9 Å². The molecule has 2 saturated heterocycles.